The van der Waals surface area contributed by atoms with Crippen LogP contribution in [0, 0.1) is 0 Å². The Morgan fingerprint density at radius 2 is 1.50 bits per heavy atom. The maximum atomic E-state index is 12.6. The number of fused-ring (bicyclic) bond motifs is 3. The number of esters is 1. The van der Waals surface area contributed by atoms with Crippen LogP contribution in [-0.2, 0) is 19.6 Å². The Bertz CT molecular complexity index is 883. The van der Waals surface area contributed by atoms with Crippen molar-refractivity contribution in [3.05, 3.63) is 59.7 Å². The van der Waals surface area contributed by atoms with Gasteiger partial charge in [0.15, 0.2) is 0 Å². The molecule has 0 heterocycles. The number of sulfonamides is 1. The van der Waals surface area contributed by atoms with Crippen molar-refractivity contribution in [2.75, 3.05) is 12.3 Å². The largest absolute Gasteiger partial charge is 0.459 e. The minimum atomic E-state index is -3.65. The Hall–Kier alpha value is -2.18. The van der Waals surface area contributed by atoms with E-state index in [0.29, 0.717) is 0 Å². The molecule has 138 valence electrons. The minimum absolute atomic E-state index is 0.107. The maximum Gasteiger partial charge on any atom is 0.321 e. The highest BCUT2D eigenvalue weighted by Crippen LogP contribution is 2.44. The van der Waals surface area contributed by atoms with Gasteiger partial charge in [-0.05, 0) is 43.0 Å². The summed E-state index contributed by atoms with van der Waals surface area (Å²) in [5.41, 5.74) is 3.48. The van der Waals surface area contributed by atoms with Gasteiger partial charge in [-0.15, -0.1) is 0 Å². The van der Waals surface area contributed by atoms with Gasteiger partial charge in [-0.25, -0.2) is 13.1 Å². The van der Waals surface area contributed by atoms with Crippen LogP contribution in [0.25, 0.3) is 11.1 Å². The van der Waals surface area contributed by atoms with Crippen molar-refractivity contribution in [2.45, 2.75) is 32.3 Å². The zero-order valence-electron chi connectivity index (χ0n) is 15.2. The molecule has 0 amide bonds. The molecule has 0 unspecified atom stereocenters. The predicted molar refractivity (Wildman–Crippen MR) is 101 cm³/mol. The van der Waals surface area contributed by atoms with E-state index in [1.807, 2.05) is 48.5 Å². The minimum Gasteiger partial charge on any atom is -0.459 e. The predicted octanol–water partition coefficient (Wildman–Crippen LogP) is 3.06. The second kappa shape index (κ2) is 6.85. The molecule has 1 aliphatic carbocycles. The molecule has 0 radical (unpaired) electrons. The molecule has 0 saturated carbocycles. The molecule has 0 aromatic heterocycles. The van der Waals surface area contributed by atoms with Crippen molar-refractivity contribution in [3.63, 3.8) is 0 Å². The summed E-state index contributed by atoms with van der Waals surface area (Å²) >= 11 is 0. The van der Waals surface area contributed by atoms with Crippen LogP contribution in [0.3, 0.4) is 0 Å². The fraction of sp³-hybridized carbons (Fsp3) is 0.350. The Balaban J connectivity index is 1.77. The van der Waals surface area contributed by atoms with Gasteiger partial charge in [-0.1, -0.05) is 48.5 Å². The first-order valence-corrected chi connectivity index (χ1v) is 10.2. The molecule has 26 heavy (non-hydrogen) atoms. The van der Waals surface area contributed by atoms with Gasteiger partial charge in [0.05, 0.1) is 5.75 Å². The summed E-state index contributed by atoms with van der Waals surface area (Å²) in [5, 5.41) is 0. The molecule has 0 atom stereocenters. The van der Waals surface area contributed by atoms with Crippen molar-refractivity contribution >= 4 is 16.0 Å². The van der Waals surface area contributed by atoms with Gasteiger partial charge in [0.2, 0.25) is 10.0 Å². The van der Waals surface area contributed by atoms with Crippen LogP contribution in [0.4, 0.5) is 0 Å². The summed E-state index contributed by atoms with van der Waals surface area (Å²) in [6.45, 7) is 4.86. The molecule has 2 aromatic carbocycles. The van der Waals surface area contributed by atoms with Gasteiger partial charge in [-0.3, -0.25) is 4.79 Å². The maximum absolute atomic E-state index is 12.6. The molecular formula is C20H23NO4S. The van der Waals surface area contributed by atoms with Gasteiger partial charge in [0, 0.05) is 5.92 Å². The lowest BCUT2D eigenvalue weighted by Crippen LogP contribution is -2.36. The molecule has 1 N–H and O–H groups in total. The van der Waals surface area contributed by atoms with Crippen molar-refractivity contribution in [3.8, 4) is 11.1 Å². The molecule has 3 rings (SSSR count). The number of hydrogen-bond acceptors (Lipinski definition) is 4. The van der Waals surface area contributed by atoms with Gasteiger partial charge in [-0.2, -0.15) is 0 Å². The van der Waals surface area contributed by atoms with Crippen LogP contribution >= 0.6 is 0 Å². The van der Waals surface area contributed by atoms with Crippen molar-refractivity contribution in [1.29, 1.82) is 0 Å². The zero-order valence-corrected chi connectivity index (χ0v) is 16.0. The average Bonchev–Trinajstić information content (AvgIpc) is 2.86. The van der Waals surface area contributed by atoms with Crippen molar-refractivity contribution in [2.24, 2.45) is 0 Å². The highest BCUT2D eigenvalue weighted by atomic mass is 32.2. The molecule has 0 bridgehead atoms. The van der Waals surface area contributed by atoms with Crippen molar-refractivity contribution < 1.29 is 17.9 Å². The van der Waals surface area contributed by atoms with Crippen LogP contribution in [0.1, 0.15) is 37.8 Å². The number of rotatable bonds is 5. The van der Waals surface area contributed by atoms with Crippen LogP contribution in [0.15, 0.2) is 48.5 Å². The van der Waals surface area contributed by atoms with E-state index in [-0.39, 0.29) is 18.2 Å². The lowest BCUT2D eigenvalue weighted by molar-refractivity contribution is -0.153. The highest BCUT2D eigenvalue weighted by Gasteiger charge is 2.32. The standard InChI is InChI=1S/C20H23NO4S/c1-20(2,3)25-19(22)12-21-26(23,24)13-18-16-10-6-4-8-14(16)15-9-5-7-11-17(15)18/h4-11,18,21H,12-13H2,1-3H3. The molecular weight excluding hydrogens is 350 g/mol. The average molecular weight is 373 g/mol. The summed E-state index contributed by atoms with van der Waals surface area (Å²) in [6.07, 6.45) is 0. The second-order valence-electron chi connectivity index (χ2n) is 7.42. The lowest BCUT2D eigenvalue weighted by Gasteiger charge is -2.20. The fourth-order valence-corrected chi connectivity index (χ4v) is 4.52. The van der Waals surface area contributed by atoms with E-state index >= 15 is 0 Å². The Morgan fingerprint density at radius 1 is 1.00 bits per heavy atom. The first kappa shape index (κ1) is 18.6. The molecule has 6 heteroatoms. The van der Waals surface area contributed by atoms with E-state index in [1.54, 1.807) is 20.8 Å². The Kier molecular flexibility index (Phi) is 4.90. The summed E-state index contributed by atoms with van der Waals surface area (Å²) in [5.74, 6) is -0.948. The number of carbonyl (C=O) groups excluding carboxylic acids is 1. The molecule has 0 spiro atoms. The van der Waals surface area contributed by atoms with E-state index < -0.39 is 21.6 Å². The van der Waals surface area contributed by atoms with Gasteiger partial charge in [0.25, 0.3) is 0 Å². The molecule has 5 nitrogen and oxygen atoms in total. The van der Waals surface area contributed by atoms with Gasteiger partial charge >= 0.3 is 5.97 Å². The van der Waals surface area contributed by atoms with Crippen LogP contribution in [-0.4, -0.2) is 32.3 Å². The Labute approximate surface area is 154 Å². The molecule has 1 aliphatic rings. The second-order valence-corrected chi connectivity index (χ2v) is 9.27. The highest BCUT2D eigenvalue weighted by molar-refractivity contribution is 7.89. The Morgan fingerprint density at radius 3 is 2.00 bits per heavy atom. The third-order valence-electron chi connectivity index (χ3n) is 4.21. The summed E-state index contributed by atoms with van der Waals surface area (Å²) < 4.78 is 32.6. The van der Waals surface area contributed by atoms with E-state index in [4.69, 9.17) is 4.74 Å². The van der Waals surface area contributed by atoms with Crippen LogP contribution in [0.5, 0.6) is 0 Å². The molecule has 2 aromatic rings. The topological polar surface area (TPSA) is 72.5 Å². The first-order chi connectivity index (χ1) is 12.2. The molecule has 0 fully saturated rings. The van der Waals surface area contributed by atoms with E-state index in [9.17, 15) is 13.2 Å². The third kappa shape index (κ3) is 4.14. The summed E-state index contributed by atoms with van der Waals surface area (Å²) in [7, 11) is -3.65. The van der Waals surface area contributed by atoms with Crippen LogP contribution < -0.4 is 4.72 Å². The van der Waals surface area contributed by atoms with E-state index in [2.05, 4.69) is 4.72 Å². The normalized spacial score (nSPS) is 14.0. The SMILES string of the molecule is CC(C)(C)OC(=O)CNS(=O)(=O)CC1c2ccccc2-c2ccccc21. The number of ether oxygens (including phenoxy) is 1. The molecule has 0 saturated heterocycles. The molecule has 0 aliphatic heterocycles. The number of nitrogens with one attached hydrogen (secondary N) is 1. The number of carbonyl (C=O) groups is 1. The van der Waals surface area contributed by atoms with Gasteiger partial charge < -0.3 is 4.74 Å². The first-order valence-electron chi connectivity index (χ1n) is 8.54. The summed E-state index contributed by atoms with van der Waals surface area (Å²) in [4.78, 5) is 11.8. The fourth-order valence-electron chi connectivity index (χ4n) is 3.26. The zero-order chi connectivity index (χ0) is 18.9. The lowest BCUT2D eigenvalue weighted by atomic mass is 9.99. The van der Waals surface area contributed by atoms with Crippen LogP contribution in [0.2, 0.25) is 0 Å². The number of hydrogen-bond donors (Lipinski definition) is 1. The summed E-state index contributed by atoms with van der Waals surface area (Å²) in [6, 6.07) is 15.7. The third-order valence-corrected chi connectivity index (χ3v) is 5.56. The van der Waals surface area contributed by atoms with E-state index in [0.717, 1.165) is 22.3 Å². The van der Waals surface area contributed by atoms with Gasteiger partial charge in [0.1, 0.15) is 12.1 Å². The van der Waals surface area contributed by atoms with E-state index in [1.165, 1.54) is 0 Å². The smallest absolute Gasteiger partial charge is 0.321 e. The number of benzene rings is 2. The quantitative estimate of drug-likeness (QED) is 0.818. The van der Waals surface area contributed by atoms with Crippen molar-refractivity contribution in [1.82, 2.24) is 4.72 Å². The monoisotopic (exact) mass is 373 g/mol.